The minimum atomic E-state index is 0.0130. The first-order valence-corrected chi connectivity index (χ1v) is 5.97. The Kier molecular flexibility index (Phi) is 3.80. The minimum Gasteiger partial charge on any atom is -0.495 e. The molecular weight excluding hydrogens is 240 g/mol. The van der Waals surface area contributed by atoms with Gasteiger partial charge in [0, 0.05) is 18.8 Å². The molecule has 1 aromatic carbocycles. The van der Waals surface area contributed by atoms with Crippen molar-refractivity contribution in [1.82, 2.24) is 4.98 Å². The molecule has 0 radical (unpaired) electrons. The van der Waals surface area contributed by atoms with Crippen LogP contribution in [0.5, 0.6) is 5.75 Å². The maximum absolute atomic E-state index is 11.2. The summed E-state index contributed by atoms with van der Waals surface area (Å²) in [5, 5.41) is 0. The summed E-state index contributed by atoms with van der Waals surface area (Å²) in [7, 11) is 3.55. The molecule has 2 aromatic rings. The second-order valence-electron chi connectivity index (χ2n) is 4.19. The number of methoxy groups -OCH3 is 1. The summed E-state index contributed by atoms with van der Waals surface area (Å²) in [6.07, 6.45) is 1.59. The molecular formula is C15H16N2O2. The van der Waals surface area contributed by atoms with E-state index in [9.17, 15) is 4.79 Å². The van der Waals surface area contributed by atoms with Crippen molar-refractivity contribution >= 4 is 17.3 Å². The predicted octanol–water partition coefficient (Wildman–Crippen LogP) is 3.06. The summed E-state index contributed by atoms with van der Waals surface area (Å²) in [6.45, 7) is 1.53. The van der Waals surface area contributed by atoms with Gasteiger partial charge in [-0.15, -0.1) is 0 Å². The molecule has 0 unspecified atom stereocenters. The summed E-state index contributed by atoms with van der Waals surface area (Å²) < 4.78 is 5.33. The number of ether oxygens (including phenoxy) is 1. The lowest BCUT2D eigenvalue weighted by molar-refractivity contribution is 0.101. The first kappa shape index (κ1) is 13.1. The second-order valence-corrected chi connectivity index (χ2v) is 4.19. The fourth-order valence-corrected chi connectivity index (χ4v) is 1.82. The lowest BCUT2D eigenvalue weighted by Crippen LogP contribution is -2.12. The largest absolute Gasteiger partial charge is 0.495 e. The van der Waals surface area contributed by atoms with Crippen molar-refractivity contribution in [2.45, 2.75) is 6.92 Å². The van der Waals surface area contributed by atoms with Crippen LogP contribution in [0.1, 0.15) is 17.3 Å². The molecule has 0 atom stereocenters. The van der Waals surface area contributed by atoms with E-state index in [0.717, 1.165) is 17.3 Å². The van der Waals surface area contributed by atoms with Crippen LogP contribution in [0.25, 0.3) is 0 Å². The fourth-order valence-electron chi connectivity index (χ4n) is 1.82. The summed E-state index contributed by atoms with van der Waals surface area (Å²) >= 11 is 0. The maximum Gasteiger partial charge on any atom is 0.161 e. The normalized spacial score (nSPS) is 10.1. The van der Waals surface area contributed by atoms with Crippen LogP contribution in [-0.2, 0) is 0 Å². The highest BCUT2D eigenvalue weighted by Crippen LogP contribution is 2.30. The summed E-state index contributed by atoms with van der Waals surface area (Å²) in [5.74, 6) is 1.55. The van der Waals surface area contributed by atoms with Gasteiger partial charge in [0.1, 0.15) is 11.6 Å². The second kappa shape index (κ2) is 5.52. The monoisotopic (exact) mass is 256 g/mol. The number of benzene rings is 1. The number of Topliss-reactive ketones (excluding diaryl/α,β-unsaturated/α-hetero) is 1. The molecule has 4 nitrogen and oxygen atoms in total. The number of nitrogens with zero attached hydrogens (tertiary/aromatic N) is 2. The molecule has 0 aliphatic heterocycles. The zero-order valence-electron chi connectivity index (χ0n) is 11.3. The minimum absolute atomic E-state index is 0.0130. The van der Waals surface area contributed by atoms with E-state index >= 15 is 0 Å². The van der Waals surface area contributed by atoms with Crippen molar-refractivity contribution in [3.05, 3.63) is 48.2 Å². The van der Waals surface area contributed by atoms with Gasteiger partial charge in [0.05, 0.1) is 12.8 Å². The van der Waals surface area contributed by atoms with Gasteiger partial charge in [0.15, 0.2) is 5.78 Å². The Morgan fingerprint density at radius 2 is 1.95 bits per heavy atom. The summed E-state index contributed by atoms with van der Waals surface area (Å²) in [4.78, 5) is 17.4. The number of anilines is 2. The van der Waals surface area contributed by atoms with Gasteiger partial charge < -0.3 is 9.64 Å². The Bertz CT molecular complexity index is 579. The zero-order valence-corrected chi connectivity index (χ0v) is 11.3. The van der Waals surface area contributed by atoms with Gasteiger partial charge in [0.25, 0.3) is 0 Å². The summed E-state index contributed by atoms with van der Waals surface area (Å²) in [5.41, 5.74) is 1.53. The van der Waals surface area contributed by atoms with Crippen LogP contribution in [0.4, 0.5) is 11.5 Å². The Morgan fingerprint density at radius 3 is 2.53 bits per heavy atom. The number of pyridine rings is 1. The van der Waals surface area contributed by atoms with Gasteiger partial charge in [-0.2, -0.15) is 0 Å². The van der Waals surface area contributed by atoms with Crippen LogP contribution in [-0.4, -0.2) is 24.9 Å². The molecule has 0 saturated carbocycles. The van der Waals surface area contributed by atoms with Crippen LogP contribution >= 0.6 is 0 Å². The standard InChI is InChI=1S/C15H16N2O2/c1-11(18)12-8-9-15(16-10-12)17(2)13-6-4-5-7-14(13)19-3/h4-10H,1-3H3. The first-order chi connectivity index (χ1) is 9.13. The van der Waals surface area contributed by atoms with Crippen molar-refractivity contribution in [1.29, 1.82) is 0 Å². The SMILES string of the molecule is COc1ccccc1N(C)c1ccc(C(C)=O)cn1. The molecule has 1 aromatic heterocycles. The van der Waals surface area contributed by atoms with Gasteiger partial charge in [-0.25, -0.2) is 4.98 Å². The third kappa shape index (κ3) is 2.73. The van der Waals surface area contributed by atoms with Crippen molar-refractivity contribution in [3.8, 4) is 5.75 Å². The van der Waals surface area contributed by atoms with Crippen molar-refractivity contribution in [2.24, 2.45) is 0 Å². The van der Waals surface area contributed by atoms with Gasteiger partial charge in [-0.05, 0) is 31.2 Å². The first-order valence-electron chi connectivity index (χ1n) is 5.97. The highest BCUT2D eigenvalue weighted by molar-refractivity contribution is 5.93. The van der Waals surface area contributed by atoms with Crippen LogP contribution in [0.15, 0.2) is 42.6 Å². The van der Waals surface area contributed by atoms with E-state index < -0.39 is 0 Å². The van der Waals surface area contributed by atoms with Crippen LogP contribution < -0.4 is 9.64 Å². The number of hydrogen-bond donors (Lipinski definition) is 0. The highest BCUT2D eigenvalue weighted by atomic mass is 16.5. The molecule has 1 heterocycles. The van der Waals surface area contributed by atoms with Gasteiger partial charge in [0.2, 0.25) is 0 Å². The van der Waals surface area contributed by atoms with Crippen molar-refractivity contribution < 1.29 is 9.53 Å². The average molecular weight is 256 g/mol. The molecule has 0 aliphatic rings. The van der Waals surface area contributed by atoms with Gasteiger partial charge in [-0.1, -0.05) is 12.1 Å². The van der Waals surface area contributed by atoms with E-state index in [1.54, 1.807) is 19.4 Å². The number of aromatic nitrogens is 1. The third-order valence-corrected chi connectivity index (χ3v) is 2.94. The van der Waals surface area contributed by atoms with Crippen LogP contribution in [0.2, 0.25) is 0 Å². The summed E-state index contributed by atoms with van der Waals surface area (Å²) in [6, 6.07) is 11.3. The number of hydrogen-bond acceptors (Lipinski definition) is 4. The number of para-hydroxylation sites is 2. The predicted molar refractivity (Wildman–Crippen MR) is 75.3 cm³/mol. The fraction of sp³-hybridized carbons (Fsp3) is 0.200. The Balaban J connectivity index is 2.33. The molecule has 0 bridgehead atoms. The van der Waals surface area contributed by atoms with Crippen molar-refractivity contribution in [2.75, 3.05) is 19.1 Å². The molecule has 0 aliphatic carbocycles. The van der Waals surface area contributed by atoms with E-state index in [-0.39, 0.29) is 5.78 Å². The average Bonchev–Trinajstić information content (AvgIpc) is 2.46. The molecule has 0 N–H and O–H groups in total. The maximum atomic E-state index is 11.2. The Labute approximate surface area is 112 Å². The smallest absolute Gasteiger partial charge is 0.161 e. The Hall–Kier alpha value is -2.36. The van der Waals surface area contributed by atoms with Gasteiger partial charge in [-0.3, -0.25) is 4.79 Å². The van der Waals surface area contributed by atoms with E-state index in [2.05, 4.69) is 4.98 Å². The molecule has 0 spiro atoms. The van der Waals surface area contributed by atoms with Crippen LogP contribution in [0, 0.1) is 0 Å². The topological polar surface area (TPSA) is 42.4 Å². The zero-order chi connectivity index (χ0) is 13.8. The van der Waals surface area contributed by atoms with E-state index in [0.29, 0.717) is 5.56 Å². The molecule has 98 valence electrons. The lowest BCUT2D eigenvalue weighted by atomic mass is 10.2. The third-order valence-electron chi connectivity index (χ3n) is 2.94. The number of ketones is 1. The number of carbonyl (C=O) groups excluding carboxylic acids is 1. The molecule has 0 saturated heterocycles. The molecule has 0 amide bonds. The van der Waals surface area contributed by atoms with Gasteiger partial charge >= 0.3 is 0 Å². The molecule has 4 heteroatoms. The van der Waals surface area contributed by atoms with E-state index in [1.807, 2.05) is 42.3 Å². The highest BCUT2D eigenvalue weighted by Gasteiger charge is 2.10. The number of carbonyl (C=O) groups is 1. The lowest BCUT2D eigenvalue weighted by Gasteiger charge is -2.20. The van der Waals surface area contributed by atoms with E-state index in [1.165, 1.54) is 6.92 Å². The number of rotatable bonds is 4. The molecule has 0 fully saturated rings. The molecule has 2 rings (SSSR count). The Morgan fingerprint density at radius 1 is 1.21 bits per heavy atom. The van der Waals surface area contributed by atoms with E-state index in [4.69, 9.17) is 4.74 Å². The molecule has 19 heavy (non-hydrogen) atoms. The van der Waals surface area contributed by atoms with Crippen LogP contribution in [0.3, 0.4) is 0 Å². The quantitative estimate of drug-likeness (QED) is 0.788. The van der Waals surface area contributed by atoms with Crippen molar-refractivity contribution in [3.63, 3.8) is 0 Å².